The van der Waals surface area contributed by atoms with E-state index >= 15 is 0 Å². The van der Waals surface area contributed by atoms with Crippen molar-refractivity contribution in [2.24, 2.45) is 0 Å². The molecule has 0 fully saturated rings. The van der Waals surface area contributed by atoms with Crippen LogP contribution in [0, 0.1) is 6.92 Å². The van der Waals surface area contributed by atoms with E-state index in [0.29, 0.717) is 0 Å². The van der Waals surface area contributed by atoms with Crippen LogP contribution in [0.2, 0.25) is 0 Å². The lowest BCUT2D eigenvalue weighted by atomic mass is 10.2. The summed E-state index contributed by atoms with van der Waals surface area (Å²) in [5.74, 6) is 0. The summed E-state index contributed by atoms with van der Waals surface area (Å²) in [6, 6.07) is 8.47. The Hall–Kier alpha value is -1.74. The molecule has 0 saturated carbocycles. The predicted molar refractivity (Wildman–Crippen MR) is 67.7 cm³/mol. The molecule has 16 heavy (non-hydrogen) atoms. The van der Waals surface area contributed by atoms with E-state index in [1.165, 1.54) is 11.3 Å². The van der Waals surface area contributed by atoms with Crippen molar-refractivity contribution in [3.8, 4) is 0 Å². The first-order valence-electron chi connectivity index (χ1n) is 5.44. The minimum Gasteiger partial charge on any atom is -0.294 e. The van der Waals surface area contributed by atoms with Crippen LogP contribution in [0.3, 0.4) is 0 Å². The molecule has 0 unspecified atom stereocenters. The number of nitrogens with one attached hydrogen (secondary N) is 1. The van der Waals surface area contributed by atoms with E-state index in [0.717, 1.165) is 13.1 Å². The molecule has 1 N–H and O–H groups in total. The van der Waals surface area contributed by atoms with Gasteiger partial charge in [0.05, 0.1) is 18.8 Å². The number of hydrogen-bond donors (Lipinski definition) is 1. The van der Waals surface area contributed by atoms with Gasteiger partial charge in [-0.25, -0.2) is 0 Å². The Balaban J connectivity index is 2.08. The molecule has 0 radical (unpaired) electrons. The minimum atomic E-state index is 0.791. The quantitative estimate of drug-likeness (QED) is 0.780. The van der Waals surface area contributed by atoms with Gasteiger partial charge in [0.1, 0.15) is 0 Å². The van der Waals surface area contributed by atoms with E-state index < -0.39 is 0 Å². The summed E-state index contributed by atoms with van der Waals surface area (Å²) in [7, 11) is 0. The van der Waals surface area contributed by atoms with Gasteiger partial charge >= 0.3 is 0 Å². The fraction of sp³-hybridized carbons (Fsp3) is 0.231. The van der Waals surface area contributed by atoms with Crippen molar-refractivity contribution in [3.63, 3.8) is 0 Å². The summed E-state index contributed by atoms with van der Waals surface area (Å²) in [5.41, 5.74) is 5.75. The Morgan fingerprint density at radius 2 is 2.12 bits per heavy atom. The van der Waals surface area contributed by atoms with E-state index in [1.807, 2.05) is 17.3 Å². The molecule has 0 amide bonds. The summed E-state index contributed by atoms with van der Waals surface area (Å²) in [5, 5.41) is 4.10. The highest BCUT2D eigenvalue weighted by molar-refractivity contribution is 5.47. The van der Waals surface area contributed by atoms with Crippen LogP contribution in [0.25, 0.3) is 0 Å². The third kappa shape index (κ3) is 2.44. The first-order valence-corrected chi connectivity index (χ1v) is 5.44. The molecule has 1 heterocycles. The zero-order chi connectivity index (χ0) is 11.4. The molecule has 1 aliphatic heterocycles. The Morgan fingerprint density at radius 1 is 1.38 bits per heavy atom. The van der Waals surface area contributed by atoms with Gasteiger partial charge in [-0.05, 0) is 25.1 Å². The molecule has 1 aromatic carbocycles. The highest BCUT2D eigenvalue weighted by Gasteiger charge is 2.10. The molecule has 0 aromatic heterocycles. The highest BCUT2D eigenvalue weighted by atomic mass is 15.8. The van der Waals surface area contributed by atoms with Gasteiger partial charge in [-0.2, -0.15) is 0 Å². The predicted octanol–water partition coefficient (Wildman–Crippen LogP) is 2.24. The van der Waals surface area contributed by atoms with E-state index in [1.54, 1.807) is 0 Å². The number of anilines is 1. The maximum Gasteiger partial charge on any atom is 0.0560 e. The van der Waals surface area contributed by atoms with Crippen LogP contribution in [0.4, 0.5) is 5.69 Å². The van der Waals surface area contributed by atoms with E-state index in [2.05, 4.69) is 54.4 Å². The lowest BCUT2D eigenvalue weighted by molar-refractivity contribution is 0.274. The van der Waals surface area contributed by atoms with Crippen LogP contribution in [-0.4, -0.2) is 18.1 Å². The number of nitrogens with zero attached hydrogens (tertiary/aromatic N) is 2. The highest BCUT2D eigenvalue weighted by Crippen LogP contribution is 2.15. The van der Waals surface area contributed by atoms with Gasteiger partial charge in [0.15, 0.2) is 0 Å². The normalized spacial score (nSPS) is 15.3. The fourth-order valence-electron chi connectivity index (χ4n) is 1.64. The van der Waals surface area contributed by atoms with Crippen LogP contribution in [0.1, 0.15) is 5.56 Å². The molecule has 3 heteroatoms. The van der Waals surface area contributed by atoms with Crippen LogP contribution < -0.4 is 10.5 Å². The third-order valence-electron chi connectivity index (χ3n) is 2.49. The zero-order valence-electron chi connectivity index (χ0n) is 9.56. The van der Waals surface area contributed by atoms with Crippen molar-refractivity contribution >= 4 is 5.69 Å². The fourth-order valence-corrected chi connectivity index (χ4v) is 1.64. The second kappa shape index (κ2) is 4.86. The lowest BCUT2D eigenvalue weighted by Gasteiger charge is -2.34. The summed E-state index contributed by atoms with van der Waals surface area (Å²) >= 11 is 0. The third-order valence-corrected chi connectivity index (χ3v) is 2.49. The Bertz CT molecular complexity index is 381. The summed E-state index contributed by atoms with van der Waals surface area (Å²) < 4.78 is 0. The van der Waals surface area contributed by atoms with Gasteiger partial charge in [0, 0.05) is 6.20 Å². The van der Waals surface area contributed by atoms with Gasteiger partial charge in [0.2, 0.25) is 0 Å². The molecule has 84 valence electrons. The molecular weight excluding hydrogens is 198 g/mol. The Morgan fingerprint density at radius 3 is 2.81 bits per heavy atom. The minimum absolute atomic E-state index is 0.791. The Labute approximate surface area is 96.6 Å². The summed E-state index contributed by atoms with van der Waals surface area (Å²) in [4.78, 5) is 0. The van der Waals surface area contributed by atoms with Gasteiger partial charge in [0.25, 0.3) is 0 Å². The number of aryl methyl sites for hydroxylation is 1. The smallest absolute Gasteiger partial charge is 0.0560 e. The number of hydrogen-bond acceptors (Lipinski definition) is 3. The second-order valence-corrected chi connectivity index (χ2v) is 3.87. The zero-order valence-corrected chi connectivity index (χ0v) is 9.56. The van der Waals surface area contributed by atoms with E-state index in [4.69, 9.17) is 0 Å². The largest absolute Gasteiger partial charge is 0.294 e. The van der Waals surface area contributed by atoms with Crippen molar-refractivity contribution in [2.45, 2.75) is 6.92 Å². The topological polar surface area (TPSA) is 18.5 Å². The van der Waals surface area contributed by atoms with Crippen molar-refractivity contribution in [1.82, 2.24) is 10.5 Å². The molecular formula is C13H17N3. The van der Waals surface area contributed by atoms with Gasteiger partial charge < -0.3 is 0 Å². The first-order chi connectivity index (χ1) is 7.79. The molecule has 3 nitrogen and oxygen atoms in total. The summed E-state index contributed by atoms with van der Waals surface area (Å²) in [6.07, 6.45) is 6.03. The molecule has 0 saturated heterocycles. The molecule has 0 bridgehead atoms. The van der Waals surface area contributed by atoms with Crippen molar-refractivity contribution in [1.29, 1.82) is 0 Å². The van der Waals surface area contributed by atoms with Gasteiger partial charge in [-0.1, -0.05) is 23.8 Å². The van der Waals surface area contributed by atoms with E-state index in [9.17, 15) is 0 Å². The number of hydrazine groups is 2. The monoisotopic (exact) mass is 215 g/mol. The van der Waals surface area contributed by atoms with Crippen LogP contribution >= 0.6 is 0 Å². The van der Waals surface area contributed by atoms with Crippen molar-refractivity contribution < 1.29 is 0 Å². The van der Waals surface area contributed by atoms with Gasteiger partial charge in [-0.3, -0.25) is 10.0 Å². The summed E-state index contributed by atoms with van der Waals surface area (Å²) in [6.45, 7) is 7.49. The van der Waals surface area contributed by atoms with Gasteiger partial charge in [-0.15, -0.1) is 12.1 Å². The second-order valence-electron chi connectivity index (χ2n) is 3.87. The number of rotatable bonds is 3. The molecule has 0 aliphatic carbocycles. The molecule has 1 aromatic rings. The van der Waals surface area contributed by atoms with Crippen LogP contribution in [0.5, 0.6) is 0 Å². The van der Waals surface area contributed by atoms with Crippen LogP contribution in [0.15, 0.2) is 49.2 Å². The van der Waals surface area contributed by atoms with E-state index in [-0.39, 0.29) is 0 Å². The molecule has 1 aliphatic rings. The average molecular weight is 215 g/mol. The number of benzene rings is 1. The maximum atomic E-state index is 3.73. The molecule has 0 atom stereocenters. The Kier molecular flexibility index (Phi) is 3.27. The average Bonchev–Trinajstić information content (AvgIpc) is 2.31. The standard InChI is InChI=1S/C13H17N3/c1-3-9-15-10-4-11-16(14-15)13-7-5-12(2)6-8-13/h3-8,10,14H,1,9,11H2,2H3. The van der Waals surface area contributed by atoms with Crippen LogP contribution in [-0.2, 0) is 0 Å². The van der Waals surface area contributed by atoms with Crippen molar-refractivity contribution in [3.05, 3.63) is 54.8 Å². The molecule has 0 spiro atoms. The first kappa shape index (κ1) is 10.8. The van der Waals surface area contributed by atoms with Crippen molar-refractivity contribution in [2.75, 3.05) is 18.1 Å². The SMILES string of the molecule is C=CCN1C=CCN(c2ccc(C)cc2)N1. The lowest BCUT2D eigenvalue weighted by Crippen LogP contribution is -2.50. The molecule has 2 rings (SSSR count). The maximum absolute atomic E-state index is 3.73.